The van der Waals surface area contributed by atoms with E-state index in [1.807, 2.05) is 35.4 Å². The number of ether oxygens (including phenoxy) is 1. The molecule has 0 saturated carbocycles. The van der Waals surface area contributed by atoms with Gasteiger partial charge in [-0.1, -0.05) is 18.2 Å². The van der Waals surface area contributed by atoms with E-state index in [1.54, 1.807) is 0 Å². The number of morpholine rings is 1. The van der Waals surface area contributed by atoms with E-state index in [0.717, 1.165) is 16.5 Å². The summed E-state index contributed by atoms with van der Waals surface area (Å²) in [7, 11) is 0. The van der Waals surface area contributed by atoms with Gasteiger partial charge in [0, 0.05) is 36.6 Å². The fourth-order valence-electron chi connectivity index (χ4n) is 2.77. The van der Waals surface area contributed by atoms with Gasteiger partial charge in [0.15, 0.2) is 0 Å². The lowest BCUT2D eigenvalue weighted by atomic mass is 10.0. The maximum atomic E-state index is 11.6. The first-order valence-corrected chi connectivity index (χ1v) is 6.85. The Hall–Kier alpha value is -1.85. The van der Waals surface area contributed by atoms with E-state index in [-0.39, 0.29) is 0 Å². The maximum absolute atomic E-state index is 11.6. The van der Waals surface area contributed by atoms with Crippen LogP contribution in [0, 0.1) is 0 Å². The van der Waals surface area contributed by atoms with Crippen LogP contribution in [-0.2, 0) is 16.0 Å². The van der Waals surface area contributed by atoms with E-state index in [2.05, 4.69) is 4.98 Å². The maximum Gasteiger partial charge on any atom is 0.321 e. The van der Waals surface area contributed by atoms with Crippen molar-refractivity contribution >= 4 is 16.9 Å². The monoisotopic (exact) mass is 274 g/mol. The zero-order valence-electron chi connectivity index (χ0n) is 11.2. The average Bonchev–Trinajstić information content (AvgIpc) is 2.88. The van der Waals surface area contributed by atoms with Crippen LogP contribution in [0.15, 0.2) is 30.5 Å². The normalized spacial score (nSPS) is 18.2. The highest BCUT2D eigenvalue weighted by atomic mass is 16.5. The number of nitrogens with zero attached hydrogens (tertiary/aromatic N) is 1. The quantitative estimate of drug-likeness (QED) is 0.886. The van der Waals surface area contributed by atoms with E-state index in [4.69, 9.17) is 4.74 Å². The molecule has 1 fully saturated rings. The smallest absolute Gasteiger partial charge is 0.321 e. The zero-order chi connectivity index (χ0) is 13.9. The van der Waals surface area contributed by atoms with Gasteiger partial charge in [-0.25, -0.2) is 0 Å². The van der Waals surface area contributed by atoms with Crippen LogP contribution in [0.2, 0.25) is 0 Å². The van der Waals surface area contributed by atoms with Crippen LogP contribution >= 0.6 is 0 Å². The van der Waals surface area contributed by atoms with E-state index in [9.17, 15) is 9.90 Å². The summed E-state index contributed by atoms with van der Waals surface area (Å²) >= 11 is 0. The minimum atomic E-state index is -0.766. The predicted octanol–water partition coefficient (Wildman–Crippen LogP) is 1.50. The molecular formula is C15H18N2O3. The molecule has 0 radical (unpaired) electrons. The number of aromatic nitrogens is 1. The van der Waals surface area contributed by atoms with Gasteiger partial charge in [-0.15, -0.1) is 0 Å². The van der Waals surface area contributed by atoms with Crippen molar-refractivity contribution in [3.05, 3.63) is 36.0 Å². The Labute approximate surface area is 117 Å². The van der Waals surface area contributed by atoms with Crippen molar-refractivity contribution in [3.63, 3.8) is 0 Å². The minimum absolute atomic E-state index is 0.488. The summed E-state index contributed by atoms with van der Waals surface area (Å²) in [6.45, 7) is 2.58. The molecule has 1 saturated heterocycles. The molecule has 3 rings (SSSR count). The molecule has 1 unspecified atom stereocenters. The number of para-hydroxylation sites is 1. The second kappa shape index (κ2) is 5.64. The molecule has 0 spiro atoms. The number of rotatable bonds is 4. The molecule has 2 aromatic rings. The lowest BCUT2D eigenvalue weighted by Crippen LogP contribution is -2.48. The number of hydrogen-bond donors (Lipinski definition) is 2. The highest BCUT2D eigenvalue weighted by Gasteiger charge is 2.28. The zero-order valence-corrected chi connectivity index (χ0v) is 11.2. The average molecular weight is 274 g/mol. The number of carboxylic acids is 1. The molecule has 0 aliphatic carbocycles. The van der Waals surface area contributed by atoms with Gasteiger partial charge >= 0.3 is 5.97 Å². The highest BCUT2D eigenvalue weighted by molar-refractivity contribution is 5.84. The van der Waals surface area contributed by atoms with Crippen LogP contribution in [0.25, 0.3) is 10.9 Å². The first-order valence-electron chi connectivity index (χ1n) is 6.85. The molecule has 20 heavy (non-hydrogen) atoms. The molecule has 1 atom stereocenters. The summed E-state index contributed by atoms with van der Waals surface area (Å²) in [5.41, 5.74) is 2.10. The van der Waals surface area contributed by atoms with E-state index >= 15 is 0 Å². The molecule has 106 valence electrons. The Kier molecular flexibility index (Phi) is 3.71. The molecule has 5 nitrogen and oxygen atoms in total. The lowest BCUT2D eigenvalue weighted by Gasteiger charge is -2.31. The predicted molar refractivity (Wildman–Crippen MR) is 75.8 cm³/mol. The Morgan fingerprint density at radius 2 is 2.10 bits per heavy atom. The van der Waals surface area contributed by atoms with Gasteiger partial charge in [0.25, 0.3) is 0 Å². The number of aromatic amines is 1. The fraction of sp³-hybridized carbons (Fsp3) is 0.400. The summed E-state index contributed by atoms with van der Waals surface area (Å²) in [5.74, 6) is -0.766. The molecule has 0 amide bonds. The molecule has 1 aromatic heterocycles. The Balaban J connectivity index is 1.84. The number of carbonyl (C=O) groups is 1. The number of benzene rings is 1. The Morgan fingerprint density at radius 3 is 2.85 bits per heavy atom. The van der Waals surface area contributed by atoms with Gasteiger partial charge < -0.3 is 14.8 Å². The largest absolute Gasteiger partial charge is 0.480 e. The molecule has 1 aromatic carbocycles. The van der Waals surface area contributed by atoms with Crippen molar-refractivity contribution in [2.24, 2.45) is 0 Å². The number of carboxylic acid groups (broad SMARTS) is 1. The van der Waals surface area contributed by atoms with Crippen LogP contribution in [0.5, 0.6) is 0 Å². The van der Waals surface area contributed by atoms with Gasteiger partial charge in [0.1, 0.15) is 6.04 Å². The fourth-order valence-corrected chi connectivity index (χ4v) is 2.77. The molecule has 5 heteroatoms. The van der Waals surface area contributed by atoms with Crippen LogP contribution in [0.4, 0.5) is 0 Å². The Morgan fingerprint density at radius 1 is 1.35 bits per heavy atom. The second-order valence-corrected chi connectivity index (χ2v) is 5.07. The van der Waals surface area contributed by atoms with Crippen LogP contribution in [-0.4, -0.2) is 53.3 Å². The summed E-state index contributed by atoms with van der Waals surface area (Å²) in [6.07, 6.45) is 2.43. The third-order valence-corrected chi connectivity index (χ3v) is 3.86. The molecule has 1 aliphatic heterocycles. The molecule has 2 heterocycles. The minimum Gasteiger partial charge on any atom is -0.480 e. The van der Waals surface area contributed by atoms with Crippen molar-refractivity contribution < 1.29 is 14.6 Å². The Bertz CT molecular complexity index is 602. The standard InChI is InChI=1S/C15H18N2O3/c18-15(19)14(17-5-7-20-8-6-17)9-11-10-16-13-4-2-1-3-12(11)13/h1-4,10,14,16H,5-9H2,(H,18,19). The van der Waals surface area contributed by atoms with E-state index < -0.39 is 12.0 Å². The lowest BCUT2D eigenvalue weighted by molar-refractivity contribution is -0.145. The van der Waals surface area contributed by atoms with Crippen molar-refractivity contribution in [1.29, 1.82) is 0 Å². The van der Waals surface area contributed by atoms with Crippen LogP contribution < -0.4 is 0 Å². The number of aliphatic carboxylic acids is 1. The summed E-state index contributed by atoms with van der Waals surface area (Å²) in [5, 5.41) is 10.6. The van der Waals surface area contributed by atoms with Crippen molar-refractivity contribution in [3.8, 4) is 0 Å². The summed E-state index contributed by atoms with van der Waals surface area (Å²) < 4.78 is 5.29. The van der Waals surface area contributed by atoms with Gasteiger partial charge in [0.05, 0.1) is 13.2 Å². The molecular weight excluding hydrogens is 256 g/mol. The van der Waals surface area contributed by atoms with Gasteiger partial charge in [-0.2, -0.15) is 0 Å². The number of fused-ring (bicyclic) bond motifs is 1. The SMILES string of the molecule is O=C(O)C(Cc1c[nH]c2ccccc12)N1CCOCC1. The van der Waals surface area contributed by atoms with Crippen molar-refractivity contribution in [2.75, 3.05) is 26.3 Å². The second-order valence-electron chi connectivity index (χ2n) is 5.07. The third-order valence-electron chi connectivity index (χ3n) is 3.86. The summed E-state index contributed by atoms with van der Waals surface area (Å²) in [4.78, 5) is 16.8. The highest BCUT2D eigenvalue weighted by Crippen LogP contribution is 2.21. The summed E-state index contributed by atoms with van der Waals surface area (Å²) in [6, 6.07) is 7.49. The number of H-pyrrole nitrogens is 1. The third kappa shape index (κ3) is 2.55. The first kappa shape index (κ1) is 13.1. The van der Waals surface area contributed by atoms with Gasteiger partial charge in [-0.05, 0) is 11.6 Å². The van der Waals surface area contributed by atoms with Crippen LogP contribution in [0.3, 0.4) is 0 Å². The van der Waals surface area contributed by atoms with E-state index in [1.165, 1.54) is 0 Å². The number of hydrogen-bond acceptors (Lipinski definition) is 3. The molecule has 0 bridgehead atoms. The van der Waals surface area contributed by atoms with Crippen molar-refractivity contribution in [2.45, 2.75) is 12.5 Å². The topological polar surface area (TPSA) is 65.6 Å². The molecule has 1 aliphatic rings. The van der Waals surface area contributed by atoms with Gasteiger partial charge in [0.2, 0.25) is 0 Å². The first-order chi connectivity index (χ1) is 9.75. The van der Waals surface area contributed by atoms with Crippen LogP contribution in [0.1, 0.15) is 5.56 Å². The number of nitrogens with one attached hydrogen (secondary N) is 1. The van der Waals surface area contributed by atoms with E-state index in [0.29, 0.717) is 32.7 Å². The van der Waals surface area contributed by atoms with Gasteiger partial charge in [-0.3, -0.25) is 9.69 Å². The van der Waals surface area contributed by atoms with Crippen molar-refractivity contribution in [1.82, 2.24) is 9.88 Å². The molecule has 2 N–H and O–H groups in total.